The molecule has 0 atom stereocenters. The third-order valence-corrected chi connectivity index (χ3v) is 5.66. The Morgan fingerprint density at radius 2 is 1.31 bits per heavy atom. The summed E-state index contributed by atoms with van der Waals surface area (Å²) in [6.07, 6.45) is 3.58. The van der Waals surface area contributed by atoms with Gasteiger partial charge in [0.15, 0.2) is 0 Å². The predicted octanol–water partition coefficient (Wildman–Crippen LogP) is 4.34. The molecule has 5 aliphatic rings. The molecule has 0 spiro atoms. The van der Waals surface area contributed by atoms with Crippen molar-refractivity contribution in [3.05, 3.63) is 81.4 Å². The van der Waals surface area contributed by atoms with Crippen LogP contribution in [0.2, 0.25) is 0 Å². The second-order valence-corrected chi connectivity index (χ2v) is 7.24. The van der Waals surface area contributed by atoms with E-state index in [0.29, 0.717) is 11.1 Å². The fourth-order valence-electron chi connectivity index (χ4n) is 4.29. The molecular formula is C23H18O3. The minimum atomic E-state index is -0.517. The van der Waals surface area contributed by atoms with Crippen LogP contribution in [0.4, 0.5) is 0 Å². The van der Waals surface area contributed by atoms with E-state index in [2.05, 4.69) is 42.5 Å². The molecule has 3 heteroatoms. The zero-order chi connectivity index (χ0) is 17.8. The van der Waals surface area contributed by atoms with Crippen LogP contribution in [-0.4, -0.2) is 11.9 Å². The zero-order valence-corrected chi connectivity index (χ0v) is 14.6. The summed E-state index contributed by atoms with van der Waals surface area (Å²) < 4.78 is 4.95. The highest BCUT2D eigenvalue weighted by molar-refractivity contribution is 6.22. The summed E-state index contributed by atoms with van der Waals surface area (Å²) in [4.78, 5) is 24.6. The molecule has 1 aliphatic heterocycles. The average molecular weight is 342 g/mol. The molecule has 0 radical (unpaired) electrons. The second kappa shape index (κ2) is 5.53. The molecular weight excluding hydrogens is 324 g/mol. The topological polar surface area (TPSA) is 43.4 Å². The highest BCUT2D eigenvalue weighted by Gasteiger charge is 2.34. The van der Waals surface area contributed by atoms with Crippen molar-refractivity contribution >= 4 is 22.7 Å². The van der Waals surface area contributed by atoms with Crippen LogP contribution in [0, 0.1) is 6.92 Å². The van der Waals surface area contributed by atoms with Gasteiger partial charge in [-0.05, 0) is 65.8 Å². The first-order valence-electron chi connectivity index (χ1n) is 9.04. The molecule has 0 aromatic heterocycles. The van der Waals surface area contributed by atoms with Crippen molar-refractivity contribution in [2.75, 3.05) is 0 Å². The van der Waals surface area contributed by atoms with Gasteiger partial charge < -0.3 is 4.74 Å². The molecule has 26 heavy (non-hydrogen) atoms. The number of esters is 2. The fraction of sp³-hybridized carbons (Fsp3) is 0.217. The van der Waals surface area contributed by atoms with Crippen LogP contribution in [0.1, 0.15) is 48.5 Å². The number of fused-ring (bicyclic) bond motifs is 1. The van der Waals surface area contributed by atoms with Crippen LogP contribution in [-0.2, 0) is 30.4 Å². The maximum Gasteiger partial charge on any atom is 0.347 e. The highest BCUT2D eigenvalue weighted by Crippen LogP contribution is 2.36. The first-order chi connectivity index (χ1) is 12.6. The third-order valence-electron chi connectivity index (χ3n) is 5.66. The third kappa shape index (κ3) is 2.20. The van der Waals surface area contributed by atoms with Crippen molar-refractivity contribution in [1.29, 1.82) is 0 Å². The van der Waals surface area contributed by atoms with Crippen molar-refractivity contribution in [1.82, 2.24) is 0 Å². The van der Waals surface area contributed by atoms with Gasteiger partial charge in [-0.1, -0.05) is 42.5 Å². The van der Waals surface area contributed by atoms with Crippen molar-refractivity contribution in [3.63, 3.8) is 0 Å². The van der Waals surface area contributed by atoms with Gasteiger partial charge in [0.25, 0.3) is 0 Å². The molecule has 3 nitrogen and oxygen atoms in total. The molecule has 8 rings (SSSR count). The SMILES string of the molecule is Cc1cc2c3ccc(c2c2c1C(=O)OC2=O)CCc1ccc(cc1)CC3. The Hall–Kier alpha value is -2.94. The van der Waals surface area contributed by atoms with Gasteiger partial charge in [-0.2, -0.15) is 0 Å². The highest BCUT2D eigenvalue weighted by atomic mass is 16.6. The smallest absolute Gasteiger partial charge is 0.347 e. The summed E-state index contributed by atoms with van der Waals surface area (Å²) in [5, 5.41) is 1.99. The fourth-order valence-corrected chi connectivity index (χ4v) is 4.29. The molecule has 0 fully saturated rings. The van der Waals surface area contributed by atoms with Gasteiger partial charge in [-0.15, -0.1) is 0 Å². The predicted molar refractivity (Wildman–Crippen MR) is 99.7 cm³/mol. The summed E-state index contributed by atoms with van der Waals surface area (Å²) in [6.45, 7) is 1.88. The number of carbonyl (C=O) groups is 2. The molecule has 3 aromatic rings. The Morgan fingerprint density at radius 3 is 2.00 bits per heavy atom. The minimum Gasteiger partial charge on any atom is -0.386 e. The van der Waals surface area contributed by atoms with Gasteiger partial charge in [0.2, 0.25) is 0 Å². The normalized spacial score (nSPS) is 15.7. The van der Waals surface area contributed by atoms with Crippen LogP contribution < -0.4 is 0 Å². The van der Waals surface area contributed by atoms with E-state index in [1.807, 2.05) is 6.92 Å². The number of carbonyl (C=O) groups excluding carboxylic acids is 2. The zero-order valence-electron chi connectivity index (χ0n) is 14.6. The Labute approximate surface area is 151 Å². The summed E-state index contributed by atoms with van der Waals surface area (Å²) in [6, 6.07) is 15.2. The van der Waals surface area contributed by atoms with E-state index in [4.69, 9.17) is 4.74 Å². The molecule has 3 aromatic carbocycles. The van der Waals surface area contributed by atoms with Crippen molar-refractivity contribution in [3.8, 4) is 0 Å². The summed E-state index contributed by atoms with van der Waals surface area (Å²) in [5.41, 5.74) is 6.65. The van der Waals surface area contributed by atoms with Crippen LogP contribution in [0.15, 0.2) is 42.5 Å². The first-order valence-corrected chi connectivity index (χ1v) is 9.04. The number of hydrogen-bond donors (Lipinski definition) is 0. The number of rotatable bonds is 0. The van der Waals surface area contributed by atoms with Gasteiger partial charge in [-0.25, -0.2) is 9.59 Å². The number of ether oxygens (including phenoxy) is 1. The van der Waals surface area contributed by atoms with Crippen molar-refractivity contribution in [2.45, 2.75) is 32.6 Å². The Morgan fingerprint density at radius 1 is 0.731 bits per heavy atom. The summed E-state index contributed by atoms with van der Waals surface area (Å²) >= 11 is 0. The monoisotopic (exact) mass is 342 g/mol. The molecule has 0 amide bonds. The molecule has 0 saturated heterocycles. The lowest BCUT2D eigenvalue weighted by Gasteiger charge is -2.16. The van der Waals surface area contributed by atoms with Crippen LogP contribution in [0.25, 0.3) is 10.8 Å². The van der Waals surface area contributed by atoms with E-state index in [-0.39, 0.29) is 0 Å². The van der Waals surface area contributed by atoms with Gasteiger partial charge in [0, 0.05) is 5.39 Å². The van der Waals surface area contributed by atoms with Crippen LogP contribution in [0.5, 0.6) is 0 Å². The molecule has 4 aliphatic carbocycles. The van der Waals surface area contributed by atoms with Gasteiger partial charge >= 0.3 is 11.9 Å². The van der Waals surface area contributed by atoms with E-state index in [1.165, 1.54) is 16.7 Å². The number of hydrogen-bond acceptors (Lipinski definition) is 3. The van der Waals surface area contributed by atoms with E-state index >= 15 is 0 Å². The average Bonchev–Trinajstić information content (AvgIpc) is 2.92. The Kier molecular flexibility index (Phi) is 3.26. The van der Waals surface area contributed by atoms with E-state index in [0.717, 1.165) is 47.6 Å². The van der Waals surface area contributed by atoms with Gasteiger partial charge in [-0.3, -0.25) is 0 Å². The summed E-state index contributed by atoms with van der Waals surface area (Å²) in [7, 11) is 0. The molecule has 0 N–H and O–H groups in total. The number of cyclic esters (lactones) is 2. The lowest BCUT2D eigenvalue weighted by Crippen LogP contribution is -2.05. The van der Waals surface area contributed by atoms with Crippen LogP contribution in [0.3, 0.4) is 0 Å². The lowest BCUT2D eigenvalue weighted by atomic mass is 9.86. The van der Waals surface area contributed by atoms with E-state index < -0.39 is 11.9 Å². The van der Waals surface area contributed by atoms with E-state index in [1.54, 1.807) is 0 Å². The maximum absolute atomic E-state index is 12.5. The quantitative estimate of drug-likeness (QED) is 0.451. The second-order valence-electron chi connectivity index (χ2n) is 7.24. The van der Waals surface area contributed by atoms with Crippen molar-refractivity contribution in [2.24, 2.45) is 0 Å². The standard InChI is InChI=1S/C23H18O3/c1-13-12-18-16-8-6-14-2-4-15(5-3-14)7-9-17(11-10-16)20(18)21-19(13)22(24)26-23(21)25/h2-5,10-12H,6-9H2,1H3. The first kappa shape index (κ1) is 15.3. The van der Waals surface area contributed by atoms with Crippen molar-refractivity contribution < 1.29 is 14.3 Å². The molecule has 128 valence electrons. The molecule has 4 bridgehead atoms. The largest absolute Gasteiger partial charge is 0.386 e. The Balaban J connectivity index is 1.82. The van der Waals surface area contributed by atoms with E-state index in [9.17, 15) is 9.59 Å². The molecule has 1 heterocycles. The van der Waals surface area contributed by atoms with Gasteiger partial charge in [0.1, 0.15) is 0 Å². The Bertz CT molecular complexity index is 1090. The minimum absolute atomic E-state index is 0.441. The maximum atomic E-state index is 12.5. The molecule has 0 saturated carbocycles. The summed E-state index contributed by atoms with van der Waals surface area (Å²) in [5.74, 6) is -1.02. The lowest BCUT2D eigenvalue weighted by molar-refractivity contribution is 0.0444. The van der Waals surface area contributed by atoms with Crippen LogP contribution >= 0.6 is 0 Å². The number of benzene rings is 3. The van der Waals surface area contributed by atoms with Gasteiger partial charge in [0.05, 0.1) is 11.1 Å². The molecule has 0 unspecified atom stereocenters. The number of aryl methyl sites for hydroxylation is 5.